The number of nitrogens with one attached hydrogen (secondary N) is 2. The van der Waals surface area contributed by atoms with Gasteiger partial charge in [-0.1, -0.05) is 41.5 Å². The maximum atomic E-state index is 12.8. The molecule has 29 heavy (non-hydrogen) atoms. The molecule has 0 fully saturated rings. The largest absolute Gasteiger partial charge is 0.507 e. The van der Waals surface area contributed by atoms with Gasteiger partial charge in [0.1, 0.15) is 5.75 Å². The zero-order chi connectivity index (χ0) is 22.3. The Kier molecular flexibility index (Phi) is 6.07. The second-order valence-corrected chi connectivity index (χ2v) is 9.99. The molecule has 3 N–H and O–H groups in total. The Morgan fingerprint density at radius 3 is 1.97 bits per heavy atom. The third kappa shape index (κ3) is 4.92. The number of carbonyl (C=O) groups is 2. The molecule has 2 rings (SSSR count). The molecule has 1 aliphatic rings. The zero-order valence-corrected chi connectivity index (χ0v) is 19.0. The van der Waals surface area contributed by atoms with E-state index in [2.05, 4.69) is 10.6 Å². The average Bonchev–Trinajstić information content (AvgIpc) is 2.51. The van der Waals surface area contributed by atoms with Crippen molar-refractivity contribution in [2.75, 3.05) is 0 Å². The van der Waals surface area contributed by atoms with E-state index in [1.807, 2.05) is 53.7 Å². The number of allylic oxidation sites excluding steroid dienone is 1. The van der Waals surface area contributed by atoms with Gasteiger partial charge in [0.15, 0.2) is 0 Å². The molecule has 0 radical (unpaired) electrons. The third-order valence-corrected chi connectivity index (χ3v) is 4.91. The van der Waals surface area contributed by atoms with Gasteiger partial charge in [-0.05, 0) is 60.4 Å². The number of phenolic OH excluding ortho intramolecular Hbond substituents is 1. The lowest BCUT2D eigenvalue weighted by Gasteiger charge is -2.32. The van der Waals surface area contributed by atoms with E-state index >= 15 is 0 Å². The Hall–Kier alpha value is -2.50. The second-order valence-electron chi connectivity index (χ2n) is 9.99. The Morgan fingerprint density at radius 2 is 1.55 bits per heavy atom. The highest BCUT2D eigenvalue weighted by molar-refractivity contribution is 5.95. The van der Waals surface area contributed by atoms with E-state index < -0.39 is 12.0 Å². The standard InChI is InChI=1S/C23H34N2O4/c1-12(2)29-20(27)17-13(3)24-21(28)25-18(17)14-10-15(22(4,5)6)19(26)16(11-14)23(7,8)9/h10-12,18,26H,1-9H3,(H2,24,25,28)/t18-/m0/s1. The van der Waals surface area contributed by atoms with Crippen molar-refractivity contribution in [1.29, 1.82) is 0 Å². The Balaban J connectivity index is 2.74. The van der Waals surface area contributed by atoms with E-state index in [-0.39, 0.29) is 28.7 Å². The van der Waals surface area contributed by atoms with E-state index in [4.69, 9.17) is 4.74 Å². The summed E-state index contributed by atoms with van der Waals surface area (Å²) in [6.07, 6.45) is -0.281. The SMILES string of the molecule is CC1=C(C(=O)OC(C)C)[C@H](c2cc(C(C)(C)C)c(O)c(C(C)(C)C)c2)NC(=O)N1. The van der Waals surface area contributed by atoms with Gasteiger partial charge in [0.05, 0.1) is 17.7 Å². The molecule has 1 aliphatic heterocycles. The molecule has 1 atom stereocenters. The molecular weight excluding hydrogens is 368 g/mol. The van der Waals surface area contributed by atoms with Crippen LogP contribution >= 0.6 is 0 Å². The predicted octanol–water partition coefficient (Wildman–Crippen LogP) is 4.57. The molecule has 0 saturated heterocycles. The lowest BCUT2D eigenvalue weighted by Crippen LogP contribution is -2.45. The zero-order valence-electron chi connectivity index (χ0n) is 19.0. The summed E-state index contributed by atoms with van der Waals surface area (Å²) in [4.78, 5) is 25.0. The van der Waals surface area contributed by atoms with Crippen molar-refractivity contribution in [1.82, 2.24) is 10.6 Å². The Bertz CT molecular complexity index is 820. The average molecular weight is 403 g/mol. The number of benzene rings is 1. The van der Waals surface area contributed by atoms with Crippen LogP contribution in [0.15, 0.2) is 23.4 Å². The minimum absolute atomic E-state index is 0.251. The van der Waals surface area contributed by atoms with Crippen LogP contribution in [-0.4, -0.2) is 23.2 Å². The number of esters is 1. The molecule has 0 aromatic heterocycles. The summed E-state index contributed by atoms with van der Waals surface area (Å²) in [7, 11) is 0. The first kappa shape index (κ1) is 22.8. The van der Waals surface area contributed by atoms with Crippen molar-refractivity contribution in [3.8, 4) is 5.75 Å². The normalized spacial score (nSPS) is 17.9. The number of carbonyl (C=O) groups excluding carboxylic acids is 2. The Labute approximate surface area is 173 Å². The van der Waals surface area contributed by atoms with Crippen LogP contribution in [0.2, 0.25) is 0 Å². The number of phenols is 1. The van der Waals surface area contributed by atoms with Crippen molar-refractivity contribution in [2.24, 2.45) is 0 Å². The van der Waals surface area contributed by atoms with Crippen LogP contribution in [0.25, 0.3) is 0 Å². The van der Waals surface area contributed by atoms with Crippen molar-refractivity contribution < 1.29 is 19.4 Å². The first-order valence-electron chi connectivity index (χ1n) is 10.00. The number of aromatic hydroxyl groups is 1. The van der Waals surface area contributed by atoms with Crippen molar-refractivity contribution in [3.63, 3.8) is 0 Å². The fourth-order valence-corrected chi connectivity index (χ4v) is 3.46. The van der Waals surface area contributed by atoms with E-state index in [0.29, 0.717) is 11.3 Å². The number of hydrogen-bond acceptors (Lipinski definition) is 4. The monoisotopic (exact) mass is 402 g/mol. The molecule has 0 spiro atoms. The summed E-state index contributed by atoms with van der Waals surface area (Å²) >= 11 is 0. The van der Waals surface area contributed by atoms with Crippen molar-refractivity contribution >= 4 is 12.0 Å². The smallest absolute Gasteiger partial charge is 0.338 e. The van der Waals surface area contributed by atoms with Crippen LogP contribution in [-0.2, 0) is 20.4 Å². The topological polar surface area (TPSA) is 87.7 Å². The van der Waals surface area contributed by atoms with Crippen LogP contribution < -0.4 is 10.6 Å². The van der Waals surface area contributed by atoms with E-state index in [1.165, 1.54) is 0 Å². The van der Waals surface area contributed by atoms with Crippen LogP contribution in [0.4, 0.5) is 4.79 Å². The number of ether oxygens (including phenoxy) is 1. The van der Waals surface area contributed by atoms with Gasteiger partial charge in [0, 0.05) is 5.70 Å². The summed E-state index contributed by atoms with van der Waals surface area (Å²) in [6.45, 7) is 17.4. The highest BCUT2D eigenvalue weighted by atomic mass is 16.5. The maximum absolute atomic E-state index is 12.8. The van der Waals surface area contributed by atoms with Gasteiger partial charge in [0.25, 0.3) is 0 Å². The molecule has 6 heteroatoms. The van der Waals surface area contributed by atoms with Crippen LogP contribution in [0.3, 0.4) is 0 Å². The number of hydrogen-bond donors (Lipinski definition) is 3. The molecule has 0 saturated carbocycles. The van der Waals surface area contributed by atoms with Crippen LogP contribution in [0.5, 0.6) is 5.75 Å². The molecule has 160 valence electrons. The van der Waals surface area contributed by atoms with Crippen molar-refractivity contribution in [2.45, 2.75) is 85.3 Å². The minimum Gasteiger partial charge on any atom is -0.507 e. The molecule has 0 bridgehead atoms. The van der Waals surface area contributed by atoms with E-state index in [0.717, 1.165) is 16.7 Å². The van der Waals surface area contributed by atoms with Gasteiger partial charge < -0.3 is 20.5 Å². The summed E-state index contributed by atoms with van der Waals surface area (Å²) in [5.74, 6) is -0.223. The van der Waals surface area contributed by atoms with E-state index in [1.54, 1.807) is 20.8 Å². The highest BCUT2D eigenvalue weighted by Gasteiger charge is 2.35. The van der Waals surface area contributed by atoms with Gasteiger partial charge in [-0.2, -0.15) is 0 Å². The molecular formula is C23H34N2O4. The summed E-state index contributed by atoms with van der Waals surface area (Å²) in [6, 6.07) is 2.70. The fraction of sp³-hybridized carbons (Fsp3) is 0.565. The first-order valence-corrected chi connectivity index (χ1v) is 10.00. The number of urea groups is 1. The minimum atomic E-state index is -0.669. The second kappa shape index (κ2) is 7.73. The summed E-state index contributed by atoms with van der Waals surface area (Å²) < 4.78 is 5.43. The van der Waals surface area contributed by atoms with E-state index in [9.17, 15) is 14.7 Å². The van der Waals surface area contributed by atoms with Crippen LogP contribution in [0.1, 0.15) is 85.0 Å². The van der Waals surface area contributed by atoms with Crippen molar-refractivity contribution in [3.05, 3.63) is 40.1 Å². The van der Waals surface area contributed by atoms with Gasteiger partial charge >= 0.3 is 12.0 Å². The summed E-state index contributed by atoms with van der Waals surface area (Å²) in [5.41, 5.74) is 2.45. The quantitative estimate of drug-likeness (QED) is 0.647. The lowest BCUT2D eigenvalue weighted by molar-refractivity contribution is -0.143. The molecule has 1 aromatic rings. The molecule has 1 heterocycles. The van der Waals surface area contributed by atoms with Gasteiger partial charge in [-0.15, -0.1) is 0 Å². The predicted molar refractivity (Wildman–Crippen MR) is 114 cm³/mol. The molecule has 1 aromatic carbocycles. The van der Waals surface area contributed by atoms with Gasteiger partial charge in [-0.3, -0.25) is 0 Å². The fourth-order valence-electron chi connectivity index (χ4n) is 3.46. The number of rotatable bonds is 3. The maximum Gasteiger partial charge on any atom is 0.338 e. The Morgan fingerprint density at radius 1 is 1.07 bits per heavy atom. The third-order valence-electron chi connectivity index (χ3n) is 4.91. The first-order chi connectivity index (χ1) is 13.1. The van der Waals surface area contributed by atoms with Gasteiger partial charge in [-0.25, -0.2) is 9.59 Å². The lowest BCUT2D eigenvalue weighted by atomic mass is 9.77. The molecule has 6 nitrogen and oxygen atoms in total. The molecule has 2 amide bonds. The summed E-state index contributed by atoms with van der Waals surface area (Å²) in [5, 5.41) is 16.5. The highest BCUT2D eigenvalue weighted by Crippen LogP contribution is 2.42. The van der Waals surface area contributed by atoms with Crippen LogP contribution in [0, 0.1) is 0 Å². The number of amides is 2. The molecule has 0 unspecified atom stereocenters. The van der Waals surface area contributed by atoms with Gasteiger partial charge in [0.2, 0.25) is 0 Å². The molecule has 0 aliphatic carbocycles.